The van der Waals surface area contributed by atoms with E-state index in [4.69, 9.17) is 0 Å². The van der Waals surface area contributed by atoms with Gasteiger partial charge in [0.2, 0.25) is 15.9 Å². The summed E-state index contributed by atoms with van der Waals surface area (Å²) in [5.41, 5.74) is 0. The van der Waals surface area contributed by atoms with E-state index >= 15 is 0 Å². The second kappa shape index (κ2) is 7.19. The first kappa shape index (κ1) is 17.4. The molecule has 132 valence electrons. The molecule has 1 aromatic rings. The van der Waals surface area contributed by atoms with Gasteiger partial charge in [-0.3, -0.25) is 4.79 Å². The predicted octanol–water partition coefficient (Wildman–Crippen LogP) is 2.24. The Kier molecular flexibility index (Phi) is 5.20. The Morgan fingerprint density at radius 2 is 1.54 bits per heavy atom. The minimum absolute atomic E-state index is 0.0935. The van der Waals surface area contributed by atoms with Crippen LogP contribution in [0.4, 0.5) is 4.39 Å². The van der Waals surface area contributed by atoms with Gasteiger partial charge >= 0.3 is 0 Å². The van der Waals surface area contributed by atoms with Gasteiger partial charge in [0.1, 0.15) is 5.82 Å². The van der Waals surface area contributed by atoms with E-state index in [0.29, 0.717) is 13.1 Å². The molecule has 1 aromatic carbocycles. The Bertz CT molecular complexity index is 676. The van der Waals surface area contributed by atoms with Gasteiger partial charge in [-0.15, -0.1) is 0 Å². The highest BCUT2D eigenvalue weighted by atomic mass is 32.2. The van der Waals surface area contributed by atoms with Crippen molar-refractivity contribution in [2.75, 3.05) is 26.2 Å². The Hall–Kier alpha value is -1.47. The van der Waals surface area contributed by atoms with Crippen molar-refractivity contribution < 1.29 is 17.6 Å². The van der Waals surface area contributed by atoms with E-state index in [2.05, 4.69) is 0 Å². The zero-order valence-corrected chi connectivity index (χ0v) is 14.5. The standard InChI is InChI=1S/C17H23FN2O3S/c18-15-6-8-16(9-7-15)24(22,23)20-12-10-19(11-13-20)17(21)14-4-2-1-3-5-14/h6-9,14H,1-5,10-13H2. The first-order valence-electron chi connectivity index (χ1n) is 8.53. The van der Waals surface area contributed by atoms with Crippen LogP contribution in [-0.2, 0) is 14.8 Å². The van der Waals surface area contributed by atoms with Gasteiger partial charge < -0.3 is 4.90 Å². The molecule has 1 aliphatic heterocycles. The normalized spacial score (nSPS) is 21.0. The molecular weight excluding hydrogens is 331 g/mol. The van der Waals surface area contributed by atoms with Crippen LogP contribution >= 0.6 is 0 Å². The number of sulfonamides is 1. The molecule has 2 aliphatic rings. The number of piperazine rings is 1. The number of benzene rings is 1. The molecule has 5 nitrogen and oxygen atoms in total. The average Bonchev–Trinajstić information content (AvgIpc) is 2.62. The summed E-state index contributed by atoms with van der Waals surface area (Å²) in [5, 5.41) is 0. The van der Waals surface area contributed by atoms with E-state index in [1.54, 1.807) is 4.90 Å². The highest BCUT2D eigenvalue weighted by Gasteiger charge is 2.32. The lowest BCUT2D eigenvalue weighted by molar-refractivity contribution is -0.137. The zero-order valence-electron chi connectivity index (χ0n) is 13.7. The van der Waals surface area contributed by atoms with Gasteiger partial charge in [0.25, 0.3) is 0 Å². The number of halogens is 1. The van der Waals surface area contributed by atoms with Crippen molar-refractivity contribution >= 4 is 15.9 Å². The second-order valence-electron chi connectivity index (χ2n) is 6.52. The minimum Gasteiger partial charge on any atom is -0.340 e. The molecule has 1 saturated heterocycles. The third kappa shape index (κ3) is 3.62. The van der Waals surface area contributed by atoms with E-state index in [0.717, 1.165) is 37.8 Å². The van der Waals surface area contributed by atoms with Crippen LogP contribution in [-0.4, -0.2) is 49.7 Å². The molecule has 0 N–H and O–H groups in total. The number of carbonyl (C=O) groups is 1. The Balaban J connectivity index is 1.62. The number of nitrogens with zero attached hydrogens (tertiary/aromatic N) is 2. The number of amides is 1. The Labute approximate surface area is 142 Å². The summed E-state index contributed by atoms with van der Waals surface area (Å²) >= 11 is 0. The van der Waals surface area contributed by atoms with Crippen LogP contribution in [0, 0.1) is 11.7 Å². The van der Waals surface area contributed by atoms with Gasteiger partial charge in [0, 0.05) is 32.1 Å². The van der Waals surface area contributed by atoms with Crippen LogP contribution in [0.3, 0.4) is 0 Å². The Morgan fingerprint density at radius 3 is 2.12 bits per heavy atom. The summed E-state index contributed by atoms with van der Waals surface area (Å²) in [4.78, 5) is 14.4. The molecule has 1 amide bonds. The zero-order chi connectivity index (χ0) is 17.2. The molecule has 0 spiro atoms. The molecule has 0 bridgehead atoms. The van der Waals surface area contributed by atoms with Gasteiger partial charge in [-0.05, 0) is 37.1 Å². The molecular formula is C17H23FN2O3S. The maximum atomic E-state index is 13.0. The molecule has 1 saturated carbocycles. The van der Waals surface area contributed by atoms with Gasteiger partial charge in [0.15, 0.2) is 0 Å². The molecule has 0 unspecified atom stereocenters. The number of hydrogen-bond donors (Lipinski definition) is 0. The summed E-state index contributed by atoms with van der Waals surface area (Å²) in [5.74, 6) is -0.176. The molecule has 24 heavy (non-hydrogen) atoms. The van der Waals surface area contributed by atoms with E-state index in [9.17, 15) is 17.6 Å². The molecule has 0 aromatic heterocycles. The van der Waals surface area contributed by atoms with Crippen molar-refractivity contribution in [1.29, 1.82) is 0 Å². The van der Waals surface area contributed by atoms with Crippen LogP contribution < -0.4 is 0 Å². The predicted molar refractivity (Wildman–Crippen MR) is 88.3 cm³/mol. The van der Waals surface area contributed by atoms with Crippen LogP contribution in [0.1, 0.15) is 32.1 Å². The number of carbonyl (C=O) groups excluding carboxylic acids is 1. The fraction of sp³-hybridized carbons (Fsp3) is 0.588. The highest BCUT2D eigenvalue weighted by molar-refractivity contribution is 7.89. The third-order valence-electron chi connectivity index (χ3n) is 4.96. The first-order valence-corrected chi connectivity index (χ1v) is 9.97. The SMILES string of the molecule is O=C(C1CCCCC1)N1CCN(S(=O)(=O)c2ccc(F)cc2)CC1. The van der Waals surface area contributed by atoms with Crippen LogP contribution in [0.25, 0.3) is 0 Å². The largest absolute Gasteiger partial charge is 0.340 e. The fourth-order valence-electron chi connectivity index (χ4n) is 3.51. The molecule has 0 atom stereocenters. The van der Waals surface area contributed by atoms with Crippen LogP contribution in [0.2, 0.25) is 0 Å². The molecule has 1 heterocycles. The third-order valence-corrected chi connectivity index (χ3v) is 6.87. The van der Waals surface area contributed by atoms with Crippen molar-refractivity contribution in [1.82, 2.24) is 9.21 Å². The average molecular weight is 354 g/mol. The summed E-state index contributed by atoms with van der Waals surface area (Å²) < 4.78 is 39.5. The maximum absolute atomic E-state index is 13.0. The van der Waals surface area contributed by atoms with E-state index in [-0.39, 0.29) is 29.8 Å². The highest BCUT2D eigenvalue weighted by Crippen LogP contribution is 2.26. The summed E-state index contributed by atoms with van der Waals surface area (Å²) in [6.45, 7) is 1.43. The quantitative estimate of drug-likeness (QED) is 0.836. The molecule has 0 radical (unpaired) electrons. The summed E-state index contributed by atoms with van der Waals surface area (Å²) in [7, 11) is -3.62. The summed E-state index contributed by atoms with van der Waals surface area (Å²) in [6, 6.07) is 4.86. The smallest absolute Gasteiger partial charge is 0.243 e. The maximum Gasteiger partial charge on any atom is 0.243 e. The van der Waals surface area contributed by atoms with Crippen molar-refractivity contribution in [3.8, 4) is 0 Å². The van der Waals surface area contributed by atoms with Crippen LogP contribution in [0.15, 0.2) is 29.2 Å². The molecule has 3 rings (SSSR count). The van der Waals surface area contributed by atoms with Gasteiger partial charge in [-0.25, -0.2) is 12.8 Å². The van der Waals surface area contributed by atoms with E-state index < -0.39 is 15.8 Å². The van der Waals surface area contributed by atoms with Gasteiger partial charge in [-0.1, -0.05) is 19.3 Å². The first-order chi connectivity index (χ1) is 11.5. The van der Waals surface area contributed by atoms with Crippen molar-refractivity contribution in [3.05, 3.63) is 30.1 Å². The summed E-state index contributed by atoms with van der Waals surface area (Å²) in [6.07, 6.45) is 5.32. The Morgan fingerprint density at radius 1 is 0.958 bits per heavy atom. The number of hydrogen-bond acceptors (Lipinski definition) is 3. The fourth-order valence-corrected chi connectivity index (χ4v) is 4.93. The monoisotopic (exact) mass is 354 g/mol. The van der Waals surface area contributed by atoms with Gasteiger partial charge in [0.05, 0.1) is 4.90 Å². The lowest BCUT2D eigenvalue weighted by Gasteiger charge is -2.36. The van der Waals surface area contributed by atoms with Crippen molar-refractivity contribution in [2.24, 2.45) is 5.92 Å². The van der Waals surface area contributed by atoms with Crippen molar-refractivity contribution in [3.63, 3.8) is 0 Å². The molecule has 1 aliphatic carbocycles. The van der Waals surface area contributed by atoms with Gasteiger partial charge in [-0.2, -0.15) is 4.31 Å². The molecule has 2 fully saturated rings. The lowest BCUT2D eigenvalue weighted by Crippen LogP contribution is -2.52. The van der Waals surface area contributed by atoms with Crippen molar-refractivity contribution in [2.45, 2.75) is 37.0 Å². The number of rotatable bonds is 3. The lowest BCUT2D eigenvalue weighted by atomic mass is 9.88. The van der Waals surface area contributed by atoms with E-state index in [1.807, 2.05) is 0 Å². The minimum atomic E-state index is -3.62. The van der Waals surface area contributed by atoms with E-state index in [1.165, 1.54) is 22.9 Å². The topological polar surface area (TPSA) is 57.7 Å². The van der Waals surface area contributed by atoms with Crippen LogP contribution in [0.5, 0.6) is 0 Å². The molecule has 7 heteroatoms. The second-order valence-corrected chi connectivity index (χ2v) is 8.46.